The maximum atomic E-state index is 13.2. The zero-order valence-corrected chi connectivity index (χ0v) is 14.2. The summed E-state index contributed by atoms with van der Waals surface area (Å²) in [5.74, 6) is -0.312. The molecule has 1 N–H and O–H groups in total. The monoisotopic (exact) mass is 340 g/mol. The van der Waals surface area contributed by atoms with E-state index in [1.165, 1.54) is 13.0 Å². The van der Waals surface area contributed by atoms with Crippen LogP contribution in [0.25, 0.3) is 0 Å². The van der Waals surface area contributed by atoms with Crippen LogP contribution in [-0.2, 0) is 22.4 Å². The lowest BCUT2D eigenvalue weighted by atomic mass is 10.0. The van der Waals surface area contributed by atoms with Crippen molar-refractivity contribution in [3.8, 4) is 0 Å². The predicted molar refractivity (Wildman–Crippen MR) is 94.8 cm³/mol. The molecule has 2 amide bonds. The van der Waals surface area contributed by atoms with Crippen molar-refractivity contribution >= 4 is 17.5 Å². The van der Waals surface area contributed by atoms with Crippen molar-refractivity contribution < 1.29 is 14.0 Å². The topological polar surface area (TPSA) is 49.4 Å². The Hall–Kier alpha value is -2.69. The third-order valence-corrected chi connectivity index (χ3v) is 4.37. The van der Waals surface area contributed by atoms with Crippen molar-refractivity contribution in [2.75, 3.05) is 11.4 Å². The maximum absolute atomic E-state index is 13.2. The molecule has 0 aliphatic carbocycles. The van der Waals surface area contributed by atoms with E-state index in [1.54, 1.807) is 17.0 Å². The molecule has 1 saturated heterocycles. The highest BCUT2D eigenvalue weighted by Gasteiger charge is 2.30. The summed E-state index contributed by atoms with van der Waals surface area (Å²) in [6.45, 7) is 1.96. The summed E-state index contributed by atoms with van der Waals surface area (Å²) in [4.78, 5) is 25.0. The number of benzene rings is 2. The summed E-state index contributed by atoms with van der Waals surface area (Å²) in [6, 6.07) is 14.3. The van der Waals surface area contributed by atoms with Crippen LogP contribution in [0, 0.1) is 5.82 Å². The molecule has 1 aliphatic rings. The van der Waals surface area contributed by atoms with Crippen LogP contribution in [0.1, 0.15) is 24.5 Å². The second-order valence-electron chi connectivity index (χ2n) is 6.40. The van der Waals surface area contributed by atoms with Crippen molar-refractivity contribution in [1.82, 2.24) is 5.32 Å². The van der Waals surface area contributed by atoms with Gasteiger partial charge in [-0.2, -0.15) is 0 Å². The van der Waals surface area contributed by atoms with Crippen LogP contribution in [0.15, 0.2) is 48.5 Å². The number of nitrogens with zero attached hydrogens (tertiary/aromatic N) is 1. The van der Waals surface area contributed by atoms with Crippen LogP contribution in [-0.4, -0.2) is 24.4 Å². The summed E-state index contributed by atoms with van der Waals surface area (Å²) < 4.78 is 13.2. The van der Waals surface area contributed by atoms with Gasteiger partial charge in [-0.1, -0.05) is 24.3 Å². The lowest BCUT2D eigenvalue weighted by Crippen LogP contribution is -2.35. The van der Waals surface area contributed by atoms with Gasteiger partial charge in [-0.05, 0) is 48.2 Å². The maximum Gasteiger partial charge on any atom is 0.229 e. The normalized spacial score (nSPS) is 17.0. The van der Waals surface area contributed by atoms with E-state index >= 15 is 0 Å². The molecule has 2 aromatic carbocycles. The highest BCUT2D eigenvalue weighted by atomic mass is 19.1. The van der Waals surface area contributed by atoms with E-state index in [0.29, 0.717) is 13.0 Å². The third-order valence-electron chi connectivity index (χ3n) is 4.37. The number of nitrogens with one attached hydrogen (secondary N) is 1. The van der Waals surface area contributed by atoms with Crippen LogP contribution < -0.4 is 10.2 Å². The van der Waals surface area contributed by atoms with Gasteiger partial charge in [-0.3, -0.25) is 9.59 Å². The van der Waals surface area contributed by atoms with Crippen molar-refractivity contribution in [3.05, 3.63) is 65.5 Å². The summed E-state index contributed by atoms with van der Waals surface area (Å²) in [7, 11) is 0. The van der Waals surface area contributed by atoms with Crippen LogP contribution in [0.3, 0.4) is 0 Å². The Balaban J connectivity index is 1.60. The Morgan fingerprint density at radius 1 is 1.16 bits per heavy atom. The van der Waals surface area contributed by atoms with Crippen molar-refractivity contribution in [2.24, 2.45) is 0 Å². The Labute approximate surface area is 146 Å². The molecule has 0 aromatic heterocycles. The van der Waals surface area contributed by atoms with Crippen molar-refractivity contribution in [1.29, 1.82) is 0 Å². The van der Waals surface area contributed by atoms with Gasteiger partial charge >= 0.3 is 0 Å². The lowest BCUT2D eigenvalue weighted by molar-refractivity contribution is -0.119. The number of hydrogen-bond donors (Lipinski definition) is 1. The average Bonchev–Trinajstić information content (AvgIpc) is 2.93. The van der Waals surface area contributed by atoms with Gasteiger partial charge in [0.05, 0.1) is 6.04 Å². The number of hydrogen-bond acceptors (Lipinski definition) is 2. The molecule has 1 fully saturated rings. The van der Waals surface area contributed by atoms with Crippen LogP contribution in [0.2, 0.25) is 0 Å². The minimum Gasteiger partial charge on any atom is -0.351 e. The van der Waals surface area contributed by atoms with Gasteiger partial charge in [0.1, 0.15) is 5.82 Å². The quantitative estimate of drug-likeness (QED) is 0.910. The minimum absolute atomic E-state index is 0.0197. The first kappa shape index (κ1) is 17.1. The molecule has 0 radical (unpaired) electrons. The predicted octanol–water partition coefficient (Wildman–Crippen LogP) is 2.85. The van der Waals surface area contributed by atoms with Crippen molar-refractivity contribution in [2.45, 2.75) is 32.2 Å². The van der Waals surface area contributed by atoms with E-state index in [1.807, 2.05) is 30.3 Å². The van der Waals surface area contributed by atoms with E-state index in [0.717, 1.165) is 29.7 Å². The number of carbonyl (C=O) groups is 2. The molecule has 2 aromatic rings. The highest BCUT2D eigenvalue weighted by molar-refractivity contribution is 5.96. The highest BCUT2D eigenvalue weighted by Crippen LogP contribution is 2.22. The largest absolute Gasteiger partial charge is 0.351 e. The first-order chi connectivity index (χ1) is 12.0. The molecule has 25 heavy (non-hydrogen) atoms. The van der Waals surface area contributed by atoms with Gasteiger partial charge in [0.15, 0.2) is 0 Å². The molecule has 0 spiro atoms. The first-order valence-electron chi connectivity index (χ1n) is 8.42. The smallest absolute Gasteiger partial charge is 0.229 e. The molecule has 4 nitrogen and oxygen atoms in total. The van der Waals surface area contributed by atoms with E-state index in [2.05, 4.69) is 5.32 Å². The fourth-order valence-electron chi connectivity index (χ4n) is 3.16. The molecular weight excluding hydrogens is 319 g/mol. The Morgan fingerprint density at radius 2 is 1.88 bits per heavy atom. The number of halogens is 1. The fourth-order valence-corrected chi connectivity index (χ4v) is 3.16. The van der Waals surface area contributed by atoms with Gasteiger partial charge in [-0.25, -0.2) is 4.39 Å². The SMILES string of the molecule is CC(=O)NC1CC(=O)N(c2ccc(CCc3cccc(F)c3)cc2)C1. The van der Waals surface area contributed by atoms with E-state index in [4.69, 9.17) is 0 Å². The minimum atomic E-state index is -0.214. The molecule has 3 rings (SSSR count). The third kappa shape index (κ3) is 4.44. The molecule has 1 aliphatic heterocycles. The van der Waals surface area contributed by atoms with Crippen LogP contribution in [0.4, 0.5) is 10.1 Å². The summed E-state index contributed by atoms with van der Waals surface area (Å²) in [5, 5.41) is 2.79. The standard InChI is InChI=1S/C20H21FN2O2/c1-14(24)22-18-12-20(25)23(13-18)19-9-7-15(8-10-19)5-6-16-3-2-4-17(21)11-16/h2-4,7-11,18H,5-6,12-13H2,1H3,(H,22,24). The van der Waals surface area contributed by atoms with E-state index in [9.17, 15) is 14.0 Å². The second kappa shape index (κ2) is 7.47. The lowest BCUT2D eigenvalue weighted by Gasteiger charge is -2.17. The fraction of sp³-hybridized carbons (Fsp3) is 0.300. The number of carbonyl (C=O) groups excluding carboxylic acids is 2. The number of anilines is 1. The molecular formula is C20H21FN2O2. The summed E-state index contributed by atoms with van der Waals surface area (Å²) in [5.41, 5.74) is 2.95. The number of aryl methyl sites for hydroxylation is 2. The summed E-state index contributed by atoms with van der Waals surface area (Å²) >= 11 is 0. The molecule has 1 unspecified atom stereocenters. The average molecular weight is 340 g/mol. The number of amides is 2. The Morgan fingerprint density at radius 3 is 2.56 bits per heavy atom. The van der Waals surface area contributed by atoms with E-state index in [-0.39, 0.29) is 23.7 Å². The first-order valence-corrected chi connectivity index (χ1v) is 8.42. The van der Waals surface area contributed by atoms with Crippen LogP contribution in [0.5, 0.6) is 0 Å². The molecule has 1 atom stereocenters. The zero-order valence-electron chi connectivity index (χ0n) is 14.2. The van der Waals surface area contributed by atoms with Gasteiger partial charge < -0.3 is 10.2 Å². The second-order valence-corrected chi connectivity index (χ2v) is 6.40. The zero-order chi connectivity index (χ0) is 17.8. The van der Waals surface area contributed by atoms with E-state index < -0.39 is 0 Å². The molecule has 5 heteroatoms. The van der Waals surface area contributed by atoms with Gasteiger partial charge in [0, 0.05) is 25.6 Å². The van der Waals surface area contributed by atoms with Crippen molar-refractivity contribution in [3.63, 3.8) is 0 Å². The van der Waals surface area contributed by atoms with Crippen LogP contribution >= 0.6 is 0 Å². The number of rotatable bonds is 5. The van der Waals surface area contributed by atoms with Gasteiger partial charge in [0.2, 0.25) is 11.8 Å². The Bertz CT molecular complexity index is 774. The molecule has 0 saturated carbocycles. The van der Waals surface area contributed by atoms with Gasteiger partial charge in [0.25, 0.3) is 0 Å². The molecule has 1 heterocycles. The summed E-state index contributed by atoms with van der Waals surface area (Å²) in [6.07, 6.45) is 1.91. The Kier molecular flexibility index (Phi) is 5.12. The van der Waals surface area contributed by atoms with Gasteiger partial charge in [-0.15, -0.1) is 0 Å². The molecule has 130 valence electrons. The molecule has 0 bridgehead atoms.